The highest BCUT2D eigenvalue weighted by Crippen LogP contribution is 2.09. The maximum absolute atomic E-state index is 13.6. The van der Waals surface area contributed by atoms with Gasteiger partial charge in [-0.25, -0.2) is 9.18 Å². The van der Waals surface area contributed by atoms with E-state index in [1.54, 1.807) is 11.3 Å². The summed E-state index contributed by atoms with van der Waals surface area (Å²) >= 11 is 1.56. The van der Waals surface area contributed by atoms with E-state index < -0.39 is 5.82 Å². The van der Waals surface area contributed by atoms with Gasteiger partial charge in [-0.1, -0.05) is 6.07 Å². The average Bonchev–Trinajstić information content (AvgIpc) is 2.97. The highest BCUT2D eigenvalue weighted by molar-refractivity contribution is 7.07. The van der Waals surface area contributed by atoms with Crippen LogP contribution in [0.1, 0.15) is 16.7 Å². The largest absolute Gasteiger partial charge is 0.334 e. The van der Waals surface area contributed by atoms with Gasteiger partial charge in [-0.05, 0) is 34.5 Å². The van der Waals surface area contributed by atoms with Crippen molar-refractivity contribution in [2.75, 3.05) is 0 Å². The number of nitrogens with zero attached hydrogens (tertiary/aromatic N) is 1. The van der Waals surface area contributed by atoms with E-state index in [1.165, 1.54) is 12.1 Å². The van der Waals surface area contributed by atoms with E-state index >= 15 is 0 Å². The van der Waals surface area contributed by atoms with Crippen molar-refractivity contribution in [3.05, 3.63) is 57.5 Å². The van der Waals surface area contributed by atoms with Gasteiger partial charge in [0.2, 0.25) is 0 Å². The number of thiophene rings is 1. The molecule has 20 heavy (non-hydrogen) atoms. The molecule has 1 heterocycles. The third-order valence-corrected chi connectivity index (χ3v) is 3.39. The minimum Gasteiger partial charge on any atom is -0.334 e. The maximum Gasteiger partial charge on any atom is 0.315 e. The number of benzene rings is 1. The molecule has 0 aliphatic heterocycles. The van der Waals surface area contributed by atoms with Gasteiger partial charge in [0.15, 0.2) is 0 Å². The third kappa shape index (κ3) is 3.80. The zero-order valence-electron chi connectivity index (χ0n) is 10.5. The molecule has 0 saturated carbocycles. The van der Waals surface area contributed by atoms with Crippen LogP contribution in [0.15, 0.2) is 35.0 Å². The number of hydrogen-bond acceptors (Lipinski definition) is 3. The molecule has 0 spiro atoms. The summed E-state index contributed by atoms with van der Waals surface area (Å²) in [6.07, 6.45) is 0. The van der Waals surface area contributed by atoms with Gasteiger partial charge in [0.05, 0.1) is 11.6 Å². The normalized spacial score (nSPS) is 9.80. The standard InChI is InChI=1S/C14H12FN3OS/c15-13-5-10(6-16)1-2-12(13)8-18-14(19)17-7-11-3-4-20-9-11/h1-5,9H,7-8H2,(H2,17,18,19). The molecule has 0 aliphatic rings. The zero-order chi connectivity index (χ0) is 14.4. The molecule has 2 N–H and O–H groups in total. The monoisotopic (exact) mass is 289 g/mol. The highest BCUT2D eigenvalue weighted by Gasteiger charge is 2.06. The molecule has 0 unspecified atom stereocenters. The Morgan fingerprint density at radius 3 is 2.75 bits per heavy atom. The fourth-order valence-electron chi connectivity index (χ4n) is 1.57. The van der Waals surface area contributed by atoms with Crippen LogP contribution >= 0.6 is 11.3 Å². The highest BCUT2D eigenvalue weighted by atomic mass is 32.1. The Morgan fingerprint density at radius 2 is 2.10 bits per heavy atom. The number of urea groups is 1. The molecule has 0 radical (unpaired) electrons. The van der Waals surface area contributed by atoms with Crippen LogP contribution in [0.3, 0.4) is 0 Å². The fraction of sp³-hybridized carbons (Fsp3) is 0.143. The average molecular weight is 289 g/mol. The lowest BCUT2D eigenvalue weighted by atomic mass is 10.1. The number of rotatable bonds is 4. The summed E-state index contributed by atoms with van der Waals surface area (Å²) < 4.78 is 13.6. The van der Waals surface area contributed by atoms with E-state index in [0.29, 0.717) is 12.1 Å². The van der Waals surface area contributed by atoms with Crippen molar-refractivity contribution >= 4 is 17.4 Å². The molecule has 0 fully saturated rings. The summed E-state index contributed by atoms with van der Waals surface area (Å²) in [4.78, 5) is 11.6. The summed E-state index contributed by atoms with van der Waals surface area (Å²) in [5.41, 5.74) is 1.62. The molecule has 4 nitrogen and oxygen atoms in total. The van der Waals surface area contributed by atoms with Crippen LogP contribution in [-0.4, -0.2) is 6.03 Å². The Hall–Kier alpha value is -2.39. The predicted octanol–water partition coefficient (Wildman–Crippen LogP) is 2.76. The second-order valence-electron chi connectivity index (χ2n) is 4.09. The van der Waals surface area contributed by atoms with Crippen molar-refractivity contribution in [1.82, 2.24) is 10.6 Å². The molecule has 0 saturated heterocycles. The Kier molecular flexibility index (Phi) is 4.69. The summed E-state index contributed by atoms with van der Waals surface area (Å²) in [6.45, 7) is 0.512. The molecule has 2 rings (SSSR count). The van der Waals surface area contributed by atoms with Crippen LogP contribution in [-0.2, 0) is 13.1 Å². The maximum atomic E-state index is 13.6. The molecule has 2 aromatic rings. The molecular formula is C14H12FN3OS. The number of amides is 2. The van der Waals surface area contributed by atoms with Crippen molar-refractivity contribution in [2.45, 2.75) is 13.1 Å². The minimum absolute atomic E-state index is 0.0764. The van der Waals surface area contributed by atoms with Crippen molar-refractivity contribution in [1.29, 1.82) is 5.26 Å². The van der Waals surface area contributed by atoms with Gasteiger partial charge in [0.1, 0.15) is 5.82 Å². The van der Waals surface area contributed by atoms with Gasteiger partial charge in [0, 0.05) is 18.7 Å². The van der Waals surface area contributed by atoms with Crippen molar-refractivity contribution < 1.29 is 9.18 Å². The van der Waals surface area contributed by atoms with Crippen LogP contribution in [0.25, 0.3) is 0 Å². The summed E-state index contributed by atoms with van der Waals surface area (Å²) in [7, 11) is 0. The second-order valence-corrected chi connectivity index (χ2v) is 4.87. The van der Waals surface area contributed by atoms with E-state index in [0.717, 1.165) is 11.6 Å². The second kappa shape index (κ2) is 6.68. The molecule has 0 atom stereocenters. The van der Waals surface area contributed by atoms with Gasteiger partial charge in [-0.2, -0.15) is 16.6 Å². The van der Waals surface area contributed by atoms with Crippen LogP contribution in [0.4, 0.5) is 9.18 Å². The number of carbonyl (C=O) groups is 1. The van der Waals surface area contributed by atoms with Crippen molar-refractivity contribution in [3.63, 3.8) is 0 Å². The zero-order valence-corrected chi connectivity index (χ0v) is 11.3. The number of hydrogen-bond donors (Lipinski definition) is 2. The quantitative estimate of drug-likeness (QED) is 0.909. The fourth-order valence-corrected chi connectivity index (χ4v) is 2.24. The van der Waals surface area contributed by atoms with Gasteiger partial charge in [-0.15, -0.1) is 0 Å². The first-order valence-corrected chi connectivity index (χ1v) is 6.84. The van der Waals surface area contributed by atoms with E-state index in [-0.39, 0.29) is 18.1 Å². The predicted molar refractivity (Wildman–Crippen MR) is 74.5 cm³/mol. The molecule has 1 aromatic carbocycles. The Morgan fingerprint density at radius 1 is 1.30 bits per heavy atom. The number of nitrogens with one attached hydrogen (secondary N) is 2. The molecule has 2 amide bonds. The van der Waals surface area contributed by atoms with Crippen molar-refractivity contribution in [3.8, 4) is 6.07 Å². The lowest BCUT2D eigenvalue weighted by Gasteiger charge is -2.08. The Balaban J connectivity index is 1.83. The first kappa shape index (κ1) is 14.0. The lowest BCUT2D eigenvalue weighted by Crippen LogP contribution is -2.34. The van der Waals surface area contributed by atoms with Gasteiger partial charge in [-0.3, -0.25) is 0 Å². The molecule has 1 aromatic heterocycles. The van der Waals surface area contributed by atoms with Crippen molar-refractivity contribution in [2.24, 2.45) is 0 Å². The van der Waals surface area contributed by atoms with E-state index in [9.17, 15) is 9.18 Å². The Bertz CT molecular complexity index is 634. The first-order valence-electron chi connectivity index (χ1n) is 5.90. The molecule has 0 aliphatic carbocycles. The van der Waals surface area contributed by atoms with E-state index in [2.05, 4.69) is 10.6 Å². The molecule has 102 valence electrons. The minimum atomic E-state index is -0.498. The Labute approximate surface area is 119 Å². The molecule has 0 bridgehead atoms. The topological polar surface area (TPSA) is 64.9 Å². The number of halogens is 1. The van der Waals surface area contributed by atoms with E-state index in [4.69, 9.17) is 5.26 Å². The van der Waals surface area contributed by atoms with Gasteiger partial charge < -0.3 is 10.6 Å². The lowest BCUT2D eigenvalue weighted by molar-refractivity contribution is 0.240. The third-order valence-electron chi connectivity index (χ3n) is 2.65. The van der Waals surface area contributed by atoms with Crippen LogP contribution in [0.2, 0.25) is 0 Å². The smallest absolute Gasteiger partial charge is 0.315 e. The summed E-state index contributed by atoms with van der Waals surface area (Å²) in [6, 6.07) is 7.58. The summed E-state index contributed by atoms with van der Waals surface area (Å²) in [5, 5.41) is 17.8. The SMILES string of the molecule is N#Cc1ccc(CNC(=O)NCc2ccsc2)c(F)c1. The number of nitriles is 1. The number of carbonyl (C=O) groups excluding carboxylic acids is 1. The van der Waals surface area contributed by atoms with Crippen LogP contribution in [0.5, 0.6) is 0 Å². The molecule has 6 heteroatoms. The van der Waals surface area contributed by atoms with Gasteiger partial charge in [0.25, 0.3) is 0 Å². The van der Waals surface area contributed by atoms with Gasteiger partial charge >= 0.3 is 6.03 Å². The van der Waals surface area contributed by atoms with E-state index in [1.807, 2.05) is 22.9 Å². The first-order chi connectivity index (χ1) is 9.69. The molecular weight excluding hydrogens is 277 g/mol. The summed E-state index contributed by atoms with van der Waals surface area (Å²) in [5.74, 6) is -0.498. The van der Waals surface area contributed by atoms with Crippen LogP contribution in [0, 0.1) is 17.1 Å². The van der Waals surface area contributed by atoms with Crippen LogP contribution < -0.4 is 10.6 Å².